The molecule has 7 heteroatoms. The van der Waals surface area contributed by atoms with E-state index in [0.29, 0.717) is 12.6 Å². The molecule has 0 saturated carbocycles. The largest absolute Gasteiger partial charge is 0.352 e. The minimum Gasteiger partial charge on any atom is -0.352 e. The Bertz CT molecular complexity index is 498. The molecule has 21 heavy (non-hydrogen) atoms. The van der Waals surface area contributed by atoms with E-state index in [1.165, 1.54) is 25.3 Å². The Balaban J connectivity index is 1.75. The number of rotatable bonds is 5. The van der Waals surface area contributed by atoms with E-state index < -0.39 is 0 Å². The van der Waals surface area contributed by atoms with Crippen LogP contribution in [0.15, 0.2) is 6.07 Å². The van der Waals surface area contributed by atoms with Gasteiger partial charge >= 0.3 is 0 Å². The van der Waals surface area contributed by atoms with Gasteiger partial charge in [0.1, 0.15) is 0 Å². The van der Waals surface area contributed by atoms with Crippen molar-refractivity contribution >= 4 is 29.1 Å². The molecule has 1 aliphatic rings. The lowest BCUT2D eigenvalue weighted by Crippen LogP contribution is -2.39. The molecule has 0 bridgehead atoms. The molecule has 1 N–H and O–H groups in total. The fourth-order valence-corrected chi connectivity index (χ4v) is 2.91. The molecule has 1 amide bonds. The van der Waals surface area contributed by atoms with Gasteiger partial charge < -0.3 is 10.2 Å². The van der Waals surface area contributed by atoms with Crippen molar-refractivity contribution in [2.45, 2.75) is 38.6 Å². The maximum Gasteiger partial charge on any atom is 0.254 e. The Kier molecular flexibility index (Phi) is 6.21. The molecular weight excluding hydrogens is 311 g/mol. The lowest BCUT2D eigenvalue weighted by atomic mass is 10.0. The summed E-state index contributed by atoms with van der Waals surface area (Å²) in [5.41, 5.74) is 0.267. The Hall–Kier alpha value is -0.910. The van der Waals surface area contributed by atoms with Gasteiger partial charge in [0.05, 0.1) is 5.56 Å². The van der Waals surface area contributed by atoms with E-state index in [-0.39, 0.29) is 21.8 Å². The number of likely N-dealkylation sites (tertiary alicyclic amines) is 1. The van der Waals surface area contributed by atoms with E-state index in [1.807, 2.05) is 0 Å². The van der Waals surface area contributed by atoms with Crippen LogP contribution in [0.1, 0.15) is 43.0 Å². The van der Waals surface area contributed by atoms with Gasteiger partial charge in [0, 0.05) is 19.1 Å². The van der Waals surface area contributed by atoms with Crippen LogP contribution in [0.3, 0.4) is 0 Å². The molecule has 1 aliphatic heterocycles. The van der Waals surface area contributed by atoms with Crippen LogP contribution in [0.4, 0.5) is 0 Å². The summed E-state index contributed by atoms with van der Waals surface area (Å²) in [5.74, 6) is -0.261. The molecule has 1 saturated heterocycles. The number of hydrogen-bond acceptors (Lipinski definition) is 4. The highest BCUT2D eigenvalue weighted by molar-refractivity contribution is 6.34. The van der Waals surface area contributed by atoms with Crippen molar-refractivity contribution in [1.29, 1.82) is 0 Å². The van der Waals surface area contributed by atoms with E-state index in [4.69, 9.17) is 23.2 Å². The number of aromatic nitrogens is 2. The van der Waals surface area contributed by atoms with Crippen LogP contribution in [-0.4, -0.2) is 46.7 Å². The molecule has 116 valence electrons. The normalized spacial score (nSPS) is 19.5. The first-order chi connectivity index (χ1) is 10.1. The monoisotopic (exact) mass is 330 g/mol. The molecule has 0 spiro atoms. The second-order valence-corrected chi connectivity index (χ2v) is 6.11. The van der Waals surface area contributed by atoms with Crippen molar-refractivity contribution < 1.29 is 4.79 Å². The molecule has 1 aromatic rings. The second-order valence-electron chi connectivity index (χ2n) is 5.36. The average Bonchev–Trinajstić information content (AvgIpc) is 2.47. The molecule has 2 heterocycles. The van der Waals surface area contributed by atoms with Crippen LogP contribution >= 0.6 is 23.2 Å². The zero-order valence-electron chi connectivity index (χ0n) is 12.1. The molecular formula is C14H20Cl2N4O. The lowest BCUT2D eigenvalue weighted by molar-refractivity contribution is 0.0948. The van der Waals surface area contributed by atoms with Crippen molar-refractivity contribution in [3.05, 3.63) is 21.9 Å². The quantitative estimate of drug-likeness (QED) is 0.843. The predicted molar refractivity (Wildman–Crippen MR) is 83.9 cm³/mol. The van der Waals surface area contributed by atoms with Crippen LogP contribution < -0.4 is 5.32 Å². The molecule has 1 atom stereocenters. The number of nitrogens with one attached hydrogen (secondary N) is 1. The van der Waals surface area contributed by atoms with Crippen LogP contribution in [0.25, 0.3) is 0 Å². The maximum atomic E-state index is 12.0. The minimum atomic E-state index is -0.261. The first-order valence-corrected chi connectivity index (χ1v) is 8.04. The van der Waals surface area contributed by atoms with Gasteiger partial charge in [0.15, 0.2) is 10.3 Å². The van der Waals surface area contributed by atoms with E-state index in [1.54, 1.807) is 0 Å². The van der Waals surface area contributed by atoms with E-state index >= 15 is 0 Å². The number of amides is 1. The Labute approximate surface area is 135 Å². The third kappa shape index (κ3) is 4.80. The summed E-state index contributed by atoms with van der Waals surface area (Å²) in [5, 5.41) is 10.3. The Morgan fingerprint density at radius 3 is 3.00 bits per heavy atom. The van der Waals surface area contributed by atoms with E-state index in [9.17, 15) is 4.79 Å². The fourth-order valence-electron chi connectivity index (χ4n) is 2.58. The molecule has 1 fully saturated rings. The predicted octanol–water partition coefficient (Wildman–Crippen LogP) is 2.78. The standard InChI is InChI=1S/C14H20Cl2N4O/c1-10-5-2-3-7-20(10)8-4-6-17-14(21)11-9-12(15)18-19-13(11)16/h9-10H,2-8H2,1H3,(H,17,21). The van der Waals surface area contributed by atoms with Gasteiger partial charge in [-0.15, -0.1) is 10.2 Å². The van der Waals surface area contributed by atoms with Crippen molar-refractivity contribution in [1.82, 2.24) is 20.4 Å². The molecule has 2 rings (SSSR count). The summed E-state index contributed by atoms with van der Waals surface area (Å²) in [6, 6.07) is 2.07. The molecule has 0 aromatic carbocycles. The van der Waals surface area contributed by atoms with Crippen LogP contribution in [0.2, 0.25) is 10.3 Å². The summed E-state index contributed by atoms with van der Waals surface area (Å²) in [6.07, 6.45) is 4.78. The maximum absolute atomic E-state index is 12.0. The van der Waals surface area contributed by atoms with E-state index in [2.05, 4.69) is 27.3 Å². The zero-order chi connectivity index (χ0) is 15.2. The van der Waals surface area contributed by atoms with Crippen LogP contribution in [0, 0.1) is 0 Å². The highest BCUT2D eigenvalue weighted by Crippen LogP contribution is 2.17. The van der Waals surface area contributed by atoms with Gasteiger partial charge in [0.2, 0.25) is 0 Å². The molecule has 1 unspecified atom stereocenters. The molecule has 5 nitrogen and oxygen atoms in total. The van der Waals surface area contributed by atoms with E-state index in [0.717, 1.165) is 19.5 Å². The minimum absolute atomic E-state index is 0.0709. The van der Waals surface area contributed by atoms with Gasteiger partial charge in [-0.1, -0.05) is 29.6 Å². The van der Waals surface area contributed by atoms with Gasteiger partial charge in [-0.2, -0.15) is 0 Å². The van der Waals surface area contributed by atoms with Gasteiger partial charge in [0.25, 0.3) is 5.91 Å². The number of carbonyl (C=O) groups is 1. The molecule has 0 aliphatic carbocycles. The van der Waals surface area contributed by atoms with Crippen molar-refractivity contribution in [3.63, 3.8) is 0 Å². The molecule has 0 radical (unpaired) electrons. The summed E-state index contributed by atoms with van der Waals surface area (Å²) in [7, 11) is 0. The van der Waals surface area contributed by atoms with Gasteiger partial charge in [-0.25, -0.2) is 0 Å². The first-order valence-electron chi connectivity index (χ1n) is 7.29. The smallest absolute Gasteiger partial charge is 0.254 e. The lowest BCUT2D eigenvalue weighted by Gasteiger charge is -2.33. The third-order valence-corrected chi connectivity index (χ3v) is 4.28. The number of carbonyl (C=O) groups excluding carboxylic acids is 1. The Morgan fingerprint density at radius 2 is 2.24 bits per heavy atom. The SMILES string of the molecule is CC1CCCCN1CCCNC(=O)c1cc(Cl)nnc1Cl. The van der Waals surface area contributed by atoms with Crippen molar-refractivity contribution in [2.24, 2.45) is 0 Å². The van der Waals surface area contributed by atoms with Crippen LogP contribution in [0.5, 0.6) is 0 Å². The third-order valence-electron chi connectivity index (χ3n) is 3.81. The summed E-state index contributed by atoms with van der Waals surface area (Å²) in [6.45, 7) is 5.04. The van der Waals surface area contributed by atoms with Gasteiger partial charge in [-0.3, -0.25) is 4.79 Å². The van der Waals surface area contributed by atoms with Gasteiger partial charge in [-0.05, 0) is 38.8 Å². The summed E-state index contributed by atoms with van der Waals surface area (Å²) in [4.78, 5) is 14.5. The van der Waals surface area contributed by atoms with Crippen molar-refractivity contribution in [3.8, 4) is 0 Å². The number of nitrogens with zero attached hydrogens (tertiary/aromatic N) is 3. The number of halogens is 2. The number of piperidine rings is 1. The topological polar surface area (TPSA) is 58.1 Å². The first kappa shape index (κ1) is 16.5. The molecule has 1 aromatic heterocycles. The van der Waals surface area contributed by atoms with Crippen molar-refractivity contribution in [2.75, 3.05) is 19.6 Å². The highest BCUT2D eigenvalue weighted by Gasteiger charge is 2.17. The summed E-state index contributed by atoms with van der Waals surface area (Å²) >= 11 is 11.6. The second kappa shape index (κ2) is 7.92. The zero-order valence-corrected chi connectivity index (χ0v) is 13.6. The number of hydrogen-bond donors (Lipinski definition) is 1. The fraction of sp³-hybridized carbons (Fsp3) is 0.643. The highest BCUT2D eigenvalue weighted by atomic mass is 35.5. The van der Waals surface area contributed by atoms with Crippen LogP contribution in [-0.2, 0) is 0 Å². The average molecular weight is 331 g/mol. The Morgan fingerprint density at radius 1 is 1.43 bits per heavy atom. The summed E-state index contributed by atoms with van der Waals surface area (Å²) < 4.78 is 0.